The van der Waals surface area contributed by atoms with Crippen LogP contribution in [-0.4, -0.2) is 59.5 Å². The van der Waals surface area contributed by atoms with E-state index in [-0.39, 0.29) is 23.7 Å². The van der Waals surface area contributed by atoms with E-state index < -0.39 is 11.8 Å². The van der Waals surface area contributed by atoms with Gasteiger partial charge in [0.2, 0.25) is 0 Å². The minimum Gasteiger partial charge on any atom is -0.480 e. The van der Waals surface area contributed by atoms with Gasteiger partial charge in [-0.05, 0) is 18.2 Å². The lowest BCUT2D eigenvalue weighted by Crippen LogP contribution is -2.49. The number of amides is 1. The van der Waals surface area contributed by atoms with Crippen molar-refractivity contribution in [1.29, 1.82) is 0 Å². The predicted molar refractivity (Wildman–Crippen MR) is 70.8 cm³/mol. The maximum Gasteiger partial charge on any atom is 0.317 e. The van der Waals surface area contributed by atoms with Crippen molar-refractivity contribution in [3.63, 3.8) is 0 Å². The molecule has 0 spiro atoms. The van der Waals surface area contributed by atoms with E-state index in [4.69, 9.17) is 10.8 Å². The largest absolute Gasteiger partial charge is 0.480 e. The Bertz CT molecular complexity index is 528. The monoisotopic (exact) mass is 281 g/mol. The SMILES string of the molecule is Nc1ccc(C(=O)N2CCN(CC(=O)O)CC2)cc1F. The van der Waals surface area contributed by atoms with Crippen molar-refractivity contribution in [3.8, 4) is 0 Å². The fraction of sp³-hybridized carbons (Fsp3) is 0.385. The number of carboxylic acids is 1. The zero-order chi connectivity index (χ0) is 14.7. The van der Waals surface area contributed by atoms with Crippen LogP contribution in [0.1, 0.15) is 10.4 Å². The van der Waals surface area contributed by atoms with Gasteiger partial charge in [0, 0.05) is 31.7 Å². The number of carboxylic acid groups (broad SMARTS) is 1. The third kappa shape index (κ3) is 3.24. The average molecular weight is 281 g/mol. The molecule has 7 heteroatoms. The summed E-state index contributed by atoms with van der Waals surface area (Å²) in [7, 11) is 0. The van der Waals surface area contributed by atoms with Crippen molar-refractivity contribution in [2.75, 3.05) is 38.5 Å². The number of hydrogen-bond acceptors (Lipinski definition) is 4. The molecular weight excluding hydrogens is 265 g/mol. The molecule has 1 aromatic carbocycles. The topological polar surface area (TPSA) is 86.9 Å². The first-order valence-corrected chi connectivity index (χ1v) is 6.26. The van der Waals surface area contributed by atoms with Crippen LogP contribution in [0.25, 0.3) is 0 Å². The molecule has 0 atom stereocenters. The summed E-state index contributed by atoms with van der Waals surface area (Å²) in [6.07, 6.45) is 0. The van der Waals surface area contributed by atoms with Crippen LogP contribution >= 0.6 is 0 Å². The van der Waals surface area contributed by atoms with Crippen molar-refractivity contribution in [2.24, 2.45) is 0 Å². The first-order chi connectivity index (χ1) is 9.47. The Hall–Kier alpha value is -2.15. The van der Waals surface area contributed by atoms with Crippen molar-refractivity contribution >= 4 is 17.6 Å². The van der Waals surface area contributed by atoms with E-state index in [9.17, 15) is 14.0 Å². The van der Waals surface area contributed by atoms with E-state index in [2.05, 4.69) is 0 Å². The molecule has 1 amide bonds. The molecule has 0 unspecified atom stereocenters. The first-order valence-electron chi connectivity index (χ1n) is 6.26. The highest BCUT2D eigenvalue weighted by atomic mass is 19.1. The highest BCUT2D eigenvalue weighted by Crippen LogP contribution is 2.14. The van der Waals surface area contributed by atoms with Crippen LogP contribution in [0.3, 0.4) is 0 Å². The number of nitrogens with two attached hydrogens (primary N) is 1. The Balaban J connectivity index is 1.97. The second-order valence-corrected chi connectivity index (χ2v) is 4.70. The van der Waals surface area contributed by atoms with Crippen LogP contribution in [0, 0.1) is 5.82 Å². The molecule has 1 heterocycles. The zero-order valence-corrected chi connectivity index (χ0v) is 10.9. The molecule has 0 radical (unpaired) electrons. The summed E-state index contributed by atoms with van der Waals surface area (Å²) in [4.78, 5) is 26.1. The van der Waals surface area contributed by atoms with Gasteiger partial charge < -0.3 is 15.7 Å². The molecule has 3 N–H and O–H groups in total. The summed E-state index contributed by atoms with van der Waals surface area (Å²) in [5.41, 5.74) is 5.63. The summed E-state index contributed by atoms with van der Waals surface area (Å²) >= 11 is 0. The third-order valence-electron chi connectivity index (χ3n) is 3.27. The number of carbonyl (C=O) groups excluding carboxylic acids is 1. The molecule has 20 heavy (non-hydrogen) atoms. The van der Waals surface area contributed by atoms with Gasteiger partial charge in [-0.2, -0.15) is 0 Å². The number of nitrogen functional groups attached to an aromatic ring is 1. The van der Waals surface area contributed by atoms with Gasteiger partial charge in [-0.15, -0.1) is 0 Å². The molecule has 0 aliphatic carbocycles. The molecule has 1 fully saturated rings. The maximum absolute atomic E-state index is 13.3. The zero-order valence-electron chi connectivity index (χ0n) is 10.9. The molecule has 2 rings (SSSR count). The number of nitrogens with zero attached hydrogens (tertiary/aromatic N) is 2. The van der Waals surface area contributed by atoms with Gasteiger partial charge >= 0.3 is 5.97 Å². The van der Waals surface area contributed by atoms with E-state index in [1.807, 2.05) is 0 Å². The number of halogens is 1. The smallest absolute Gasteiger partial charge is 0.317 e. The summed E-state index contributed by atoms with van der Waals surface area (Å²) in [6.45, 7) is 1.82. The fourth-order valence-electron chi connectivity index (χ4n) is 2.14. The summed E-state index contributed by atoms with van der Waals surface area (Å²) < 4.78 is 13.3. The van der Waals surface area contributed by atoms with Crippen LogP contribution in [0.2, 0.25) is 0 Å². The Morgan fingerprint density at radius 3 is 2.45 bits per heavy atom. The van der Waals surface area contributed by atoms with E-state index in [0.717, 1.165) is 6.07 Å². The standard InChI is InChI=1S/C13H16FN3O3/c14-10-7-9(1-2-11(10)15)13(20)17-5-3-16(4-6-17)8-12(18)19/h1-2,7H,3-6,8,15H2,(H,18,19). The normalized spacial score (nSPS) is 16.1. The van der Waals surface area contributed by atoms with Gasteiger partial charge in [-0.1, -0.05) is 0 Å². The second-order valence-electron chi connectivity index (χ2n) is 4.70. The van der Waals surface area contributed by atoms with Crippen LogP contribution < -0.4 is 5.73 Å². The number of anilines is 1. The molecule has 1 aromatic rings. The lowest BCUT2D eigenvalue weighted by atomic mass is 10.1. The first kappa shape index (κ1) is 14.3. The molecule has 1 aliphatic heterocycles. The number of aliphatic carboxylic acids is 1. The van der Waals surface area contributed by atoms with Gasteiger partial charge in [-0.3, -0.25) is 14.5 Å². The minimum absolute atomic E-state index is 0.00725. The van der Waals surface area contributed by atoms with Gasteiger partial charge in [-0.25, -0.2) is 4.39 Å². The highest BCUT2D eigenvalue weighted by Gasteiger charge is 2.23. The van der Waals surface area contributed by atoms with Gasteiger partial charge in [0.25, 0.3) is 5.91 Å². The van der Waals surface area contributed by atoms with E-state index in [1.165, 1.54) is 12.1 Å². The summed E-state index contributed by atoms with van der Waals surface area (Å²) in [5, 5.41) is 8.70. The lowest BCUT2D eigenvalue weighted by molar-refractivity contribution is -0.138. The number of benzene rings is 1. The Morgan fingerprint density at radius 2 is 1.90 bits per heavy atom. The highest BCUT2D eigenvalue weighted by molar-refractivity contribution is 5.94. The minimum atomic E-state index is -0.884. The molecule has 1 aliphatic rings. The van der Waals surface area contributed by atoms with Crippen LogP contribution in [0.4, 0.5) is 10.1 Å². The summed E-state index contributed by atoms with van der Waals surface area (Å²) in [5.74, 6) is -1.76. The molecule has 0 bridgehead atoms. The van der Waals surface area contributed by atoms with Crippen molar-refractivity contribution in [3.05, 3.63) is 29.6 Å². The number of carbonyl (C=O) groups is 2. The fourth-order valence-corrected chi connectivity index (χ4v) is 2.14. The van der Waals surface area contributed by atoms with Crippen molar-refractivity contribution < 1.29 is 19.1 Å². The Kier molecular flexibility index (Phi) is 4.19. The number of piperazine rings is 1. The second kappa shape index (κ2) is 5.87. The van der Waals surface area contributed by atoms with Crippen LogP contribution in [-0.2, 0) is 4.79 Å². The maximum atomic E-state index is 13.3. The van der Waals surface area contributed by atoms with Crippen molar-refractivity contribution in [1.82, 2.24) is 9.80 Å². The summed E-state index contributed by atoms with van der Waals surface area (Å²) in [6, 6.07) is 3.98. The number of rotatable bonds is 3. The van der Waals surface area contributed by atoms with Crippen LogP contribution in [0.15, 0.2) is 18.2 Å². The molecular formula is C13H16FN3O3. The van der Waals surface area contributed by atoms with E-state index in [1.54, 1.807) is 9.80 Å². The van der Waals surface area contributed by atoms with Gasteiger partial charge in [0.15, 0.2) is 0 Å². The number of hydrogen-bond donors (Lipinski definition) is 2. The quantitative estimate of drug-likeness (QED) is 0.776. The third-order valence-corrected chi connectivity index (χ3v) is 3.27. The lowest BCUT2D eigenvalue weighted by Gasteiger charge is -2.33. The molecule has 0 saturated carbocycles. The molecule has 6 nitrogen and oxygen atoms in total. The average Bonchev–Trinajstić information content (AvgIpc) is 2.41. The van der Waals surface area contributed by atoms with Gasteiger partial charge in [0.05, 0.1) is 12.2 Å². The molecule has 1 saturated heterocycles. The van der Waals surface area contributed by atoms with Crippen LogP contribution in [0.5, 0.6) is 0 Å². The molecule has 0 aromatic heterocycles. The Morgan fingerprint density at radius 1 is 1.25 bits per heavy atom. The predicted octanol–water partition coefficient (Wildman–Crippen LogP) is 0.250. The Labute approximate surface area is 115 Å². The van der Waals surface area contributed by atoms with Crippen molar-refractivity contribution in [2.45, 2.75) is 0 Å². The molecule has 108 valence electrons. The van der Waals surface area contributed by atoms with E-state index >= 15 is 0 Å². The van der Waals surface area contributed by atoms with Gasteiger partial charge in [0.1, 0.15) is 5.82 Å². The van der Waals surface area contributed by atoms with E-state index in [0.29, 0.717) is 26.2 Å².